The molecule has 0 aromatic heterocycles. The molecule has 2 aromatic rings. The second-order valence-corrected chi connectivity index (χ2v) is 5.91. The number of amides is 1. The van der Waals surface area contributed by atoms with E-state index in [1.165, 1.54) is 24.6 Å². The number of carbonyl (C=O) groups is 2. The van der Waals surface area contributed by atoms with Gasteiger partial charge in [0.25, 0.3) is 5.91 Å². The highest BCUT2D eigenvalue weighted by Gasteiger charge is 2.28. The van der Waals surface area contributed by atoms with Crippen molar-refractivity contribution in [1.82, 2.24) is 4.90 Å². The number of benzene rings is 2. The summed E-state index contributed by atoms with van der Waals surface area (Å²) in [6.45, 7) is 4.04. The lowest BCUT2D eigenvalue weighted by Crippen LogP contribution is -2.38. The van der Waals surface area contributed by atoms with E-state index in [0.29, 0.717) is 12.1 Å². The van der Waals surface area contributed by atoms with Gasteiger partial charge in [0, 0.05) is 12.1 Å². The largest absolute Gasteiger partial charge is 0.507 e. The van der Waals surface area contributed by atoms with E-state index < -0.39 is 0 Å². The molecular weight excluding hydrogens is 290 g/mol. The summed E-state index contributed by atoms with van der Waals surface area (Å²) in [6.07, 6.45) is 0.823. The molecule has 3 rings (SSSR count). The Balaban J connectivity index is 1.93. The zero-order valence-corrected chi connectivity index (χ0v) is 13.2. The molecule has 4 nitrogen and oxygen atoms in total. The summed E-state index contributed by atoms with van der Waals surface area (Å²) in [7, 11) is 0. The first-order chi connectivity index (χ1) is 11.0. The van der Waals surface area contributed by atoms with Gasteiger partial charge in [0.05, 0.1) is 11.6 Å². The second kappa shape index (κ2) is 5.88. The molecule has 0 saturated heterocycles. The number of nitrogens with zero attached hydrogens (tertiary/aromatic N) is 1. The third kappa shape index (κ3) is 2.72. The van der Waals surface area contributed by atoms with E-state index in [1.807, 2.05) is 24.0 Å². The lowest BCUT2D eigenvalue weighted by molar-refractivity contribution is 0.0677. The summed E-state index contributed by atoms with van der Waals surface area (Å²) in [4.78, 5) is 26.2. The molecule has 0 radical (unpaired) electrons. The average molecular weight is 309 g/mol. The van der Waals surface area contributed by atoms with Gasteiger partial charge in [-0.25, -0.2) is 0 Å². The van der Waals surface area contributed by atoms with Gasteiger partial charge in [-0.05, 0) is 49.6 Å². The normalized spacial score (nSPS) is 16.8. The topological polar surface area (TPSA) is 57.6 Å². The maximum Gasteiger partial charge on any atom is 0.254 e. The Morgan fingerprint density at radius 2 is 1.91 bits per heavy atom. The fraction of sp³-hybridized carbons (Fsp3) is 0.263. The Kier molecular flexibility index (Phi) is 3.90. The number of Topliss-reactive ketones (excluding diaryl/α,β-unsaturated/α-hetero) is 1. The number of phenolic OH excluding ortho intramolecular Hbond substituents is 1. The van der Waals surface area contributed by atoms with Crippen molar-refractivity contribution in [1.29, 1.82) is 0 Å². The van der Waals surface area contributed by atoms with E-state index in [2.05, 4.69) is 12.1 Å². The highest BCUT2D eigenvalue weighted by Crippen LogP contribution is 2.31. The smallest absolute Gasteiger partial charge is 0.254 e. The number of rotatable bonds is 2. The number of ketones is 1. The molecule has 0 fully saturated rings. The first-order valence-corrected chi connectivity index (χ1v) is 7.71. The van der Waals surface area contributed by atoms with Crippen LogP contribution in [0.15, 0.2) is 42.5 Å². The molecule has 1 unspecified atom stereocenters. The van der Waals surface area contributed by atoms with Crippen molar-refractivity contribution >= 4 is 11.7 Å². The minimum Gasteiger partial charge on any atom is -0.507 e. The quantitative estimate of drug-likeness (QED) is 0.865. The van der Waals surface area contributed by atoms with Crippen LogP contribution in [0.25, 0.3) is 0 Å². The molecule has 0 bridgehead atoms. The molecule has 0 aliphatic carbocycles. The molecule has 1 N–H and O–H groups in total. The van der Waals surface area contributed by atoms with Crippen LogP contribution in [0.1, 0.15) is 51.7 Å². The lowest BCUT2D eigenvalue weighted by Gasteiger charge is -2.35. The molecule has 1 heterocycles. The van der Waals surface area contributed by atoms with Gasteiger partial charge >= 0.3 is 0 Å². The molecule has 1 amide bonds. The maximum atomic E-state index is 12.8. The van der Waals surface area contributed by atoms with Crippen molar-refractivity contribution < 1.29 is 14.7 Å². The molecule has 2 aromatic carbocycles. The molecule has 1 aliphatic heterocycles. The van der Waals surface area contributed by atoms with Gasteiger partial charge in [0.1, 0.15) is 5.75 Å². The fourth-order valence-corrected chi connectivity index (χ4v) is 3.17. The SMILES string of the molecule is CC(=O)c1cc(C(=O)N2CCc3ccccc3C2C)ccc1O. The minimum atomic E-state index is -0.255. The van der Waals surface area contributed by atoms with Crippen LogP contribution in [0, 0.1) is 0 Å². The van der Waals surface area contributed by atoms with E-state index in [-0.39, 0.29) is 29.0 Å². The summed E-state index contributed by atoms with van der Waals surface area (Å²) < 4.78 is 0. The highest BCUT2D eigenvalue weighted by molar-refractivity contribution is 6.01. The second-order valence-electron chi connectivity index (χ2n) is 5.91. The van der Waals surface area contributed by atoms with Gasteiger partial charge in [0.15, 0.2) is 5.78 Å². The predicted molar refractivity (Wildman–Crippen MR) is 87.7 cm³/mol. The number of hydrogen-bond donors (Lipinski definition) is 1. The summed E-state index contributed by atoms with van der Waals surface area (Å²) >= 11 is 0. The van der Waals surface area contributed by atoms with E-state index in [9.17, 15) is 14.7 Å². The Labute approximate surface area is 135 Å². The molecule has 118 valence electrons. The first kappa shape index (κ1) is 15.3. The number of carbonyl (C=O) groups excluding carboxylic acids is 2. The average Bonchev–Trinajstić information content (AvgIpc) is 2.55. The third-order valence-electron chi connectivity index (χ3n) is 4.48. The van der Waals surface area contributed by atoms with Crippen LogP contribution in [0.5, 0.6) is 5.75 Å². The molecule has 0 saturated carbocycles. The van der Waals surface area contributed by atoms with Crippen molar-refractivity contribution in [2.75, 3.05) is 6.54 Å². The van der Waals surface area contributed by atoms with Crippen LogP contribution in [0.2, 0.25) is 0 Å². The molecule has 0 spiro atoms. The molecule has 23 heavy (non-hydrogen) atoms. The van der Waals surface area contributed by atoms with Crippen molar-refractivity contribution in [3.63, 3.8) is 0 Å². The Hall–Kier alpha value is -2.62. The number of phenols is 1. The van der Waals surface area contributed by atoms with Crippen molar-refractivity contribution in [3.8, 4) is 5.75 Å². The monoisotopic (exact) mass is 309 g/mol. The van der Waals surface area contributed by atoms with Crippen molar-refractivity contribution in [2.24, 2.45) is 0 Å². The number of fused-ring (bicyclic) bond motifs is 1. The minimum absolute atomic E-state index is 0.0120. The van der Waals surface area contributed by atoms with Gasteiger partial charge in [0.2, 0.25) is 0 Å². The van der Waals surface area contributed by atoms with E-state index >= 15 is 0 Å². The lowest BCUT2D eigenvalue weighted by atomic mass is 9.93. The van der Waals surface area contributed by atoms with E-state index in [1.54, 1.807) is 6.07 Å². The van der Waals surface area contributed by atoms with Crippen LogP contribution >= 0.6 is 0 Å². The summed E-state index contributed by atoms with van der Waals surface area (Å²) in [5, 5.41) is 9.73. The van der Waals surface area contributed by atoms with Gasteiger partial charge < -0.3 is 10.0 Å². The number of hydrogen-bond acceptors (Lipinski definition) is 3. The van der Waals surface area contributed by atoms with Crippen LogP contribution in [-0.4, -0.2) is 28.2 Å². The van der Waals surface area contributed by atoms with Crippen LogP contribution in [0.3, 0.4) is 0 Å². The zero-order chi connectivity index (χ0) is 16.6. The van der Waals surface area contributed by atoms with Gasteiger partial charge in [-0.3, -0.25) is 9.59 Å². The van der Waals surface area contributed by atoms with Crippen LogP contribution < -0.4 is 0 Å². The Bertz CT molecular complexity index is 782. The standard InChI is InChI=1S/C19H19NO3/c1-12-16-6-4-3-5-14(16)9-10-20(12)19(23)15-7-8-18(22)17(11-15)13(2)21/h3-8,11-12,22H,9-10H2,1-2H3. The third-order valence-corrected chi connectivity index (χ3v) is 4.48. The molecule has 1 aliphatic rings. The van der Waals surface area contributed by atoms with E-state index in [4.69, 9.17) is 0 Å². The van der Waals surface area contributed by atoms with Crippen LogP contribution in [0.4, 0.5) is 0 Å². The van der Waals surface area contributed by atoms with E-state index in [0.717, 1.165) is 12.0 Å². The highest BCUT2D eigenvalue weighted by atomic mass is 16.3. The van der Waals surface area contributed by atoms with Gasteiger partial charge in [-0.1, -0.05) is 24.3 Å². The summed E-state index contributed by atoms with van der Waals surface area (Å²) in [5.74, 6) is -0.463. The Morgan fingerprint density at radius 3 is 2.65 bits per heavy atom. The maximum absolute atomic E-state index is 12.8. The first-order valence-electron chi connectivity index (χ1n) is 7.71. The summed E-state index contributed by atoms with van der Waals surface area (Å²) in [5.41, 5.74) is 3.05. The predicted octanol–water partition coefficient (Wildman–Crippen LogP) is 3.35. The van der Waals surface area contributed by atoms with Gasteiger partial charge in [-0.2, -0.15) is 0 Å². The number of aromatic hydroxyl groups is 1. The fourth-order valence-electron chi connectivity index (χ4n) is 3.17. The molecule has 1 atom stereocenters. The summed E-state index contributed by atoms with van der Waals surface area (Å²) in [6, 6.07) is 12.6. The molecular formula is C19H19NO3. The molecule has 4 heteroatoms. The Morgan fingerprint density at radius 1 is 1.17 bits per heavy atom. The van der Waals surface area contributed by atoms with Crippen molar-refractivity contribution in [2.45, 2.75) is 26.3 Å². The zero-order valence-electron chi connectivity index (χ0n) is 13.2. The van der Waals surface area contributed by atoms with Crippen LogP contribution in [-0.2, 0) is 6.42 Å². The van der Waals surface area contributed by atoms with Gasteiger partial charge in [-0.15, -0.1) is 0 Å². The van der Waals surface area contributed by atoms with Crippen molar-refractivity contribution in [3.05, 3.63) is 64.7 Å².